The molecule has 1 amide bonds. The zero-order chi connectivity index (χ0) is 19.3. The highest BCUT2D eigenvalue weighted by atomic mass is 16.5. The number of benzene rings is 2. The summed E-state index contributed by atoms with van der Waals surface area (Å²) in [5, 5.41) is 3.04. The highest BCUT2D eigenvalue weighted by Gasteiger charge is 2.29. The Kier molecular flexibility index (Phi) is 5.60. The van der Waals surface area contributed by atoms with Crippen molar-refractivity contribution in [2.45, 2.75) is 39.2 Å². The number of nitrogens with one attached hydrogen (secondary N) is 1. The number of amides is 1. The molecule has 2 aromatic carbocycles. The summed E-state index contributed by atoms with van der Waals surface area (Å²) in [6.07, 6.45) is 3.82. The third-order valence-corrected chi connectivity index (χ3v) is 5.16. The molecular weight excluding hydrogens is 350 g/mol. The number of nitrogens with zero attached hydrogens (tertiary/aromatic N) is 2. The molecular formula is C23H27N3O2. The molecule has 4 rings (SSSR count). The van der Waals surface area contributed by atoms with E-state index in [4.69, 9.17) is 9.72 Å². The lowest BCUT2D eigenvalue weighted by molar-refractivity contribution is -0.122. The minimum Gasteiger partial charge on any atom is -0.492 e. The molecule has 5 nitrogen and oxygen atoms in total. The quantitative estimate of drug-likeness (QED) is 0.576. The Morgan fingerprint density at radius 3 is 2.75 bits per heavy atom. The summed E-state index contributed by atoms with van der Waals surface area (Å²) < 4.78 is 8.17. The molecule has 0 atom stereocenters. The van der Waals surface area contributed by atoms with E-state index in [-0.39, 0.29) is 11.8 Å². The summed E-state index contributed by atoms with van der Waals surface area (Å²) in [6, 6.07) is 16.3. The maximum atomic E-state index is 11.8. The molecule has 0 radical (unpaired) electrons. The molecule has 0 unspecified atom stereocenters. The largest absolute Gasteiger partial charge is 0.492 e. The van der Waals surface area contributed by atoms with Gasteiger partial charge in [0.2, 0.25) is 5.91 Å². The first-order valence-corrected chi connectivity index (χ1v) is 10.1. The van der Waals surface area contributed by atoms with Crippen LogP contribution in [0.2, 0.25) is 0 Å². The standard InChI is InChI=1S/C23H27N3O2/c1-17-8-12-19(13-9-17)28-16-15-26-21-6-3-2-5-20(21)25-22(26)7-4-14-24-23(27)18-10-11-18/h2-3,5-6,8-9,12-13,18H,4,7,10-11,14-16H2,1H3,(H,24,27). The van der Waals surface area contributed by atoms with Gasteiger partial charge in [-0.1, -0.05) is 29.8 Å². The van der Waals surface area contributed by atoms with Crippen LogP contribution in [0.4, 0.5) is 0 Å². The number of para-hydroxylation sites is 2. The first-order valence-electron chi connectivity index (χ1n) is 10.1. The summed E-state index contributed by atoms with van der Waals surface area (Å²) >= 11 is 0. The summed E-state index contributed by atoms with van der Waals surface area (Å²) in [5.41, 5.74) is 3.37. The molecule has 0 saturated heterocycles. The molecule has 3 aromatic rings. The molecule has 0 bridgehead atoms. The van der Waals surface area contributed by atoms with Gasteiger partial charge in [0, 0.05) is 18.9 Å². The van der Waals surface area contributed by atoms with Crippen molar-refractivity contribution in [2.24, 2.45) is 5.92 Å². The van der Waals surface area contributed by atoms with Crippen LogP contribution in [-0.4, -0.2) is 28.6 Å². The summed E-state index contributed by atoms with van der Waals surface area (Å²) in [7, 11) is 0. The van der Waals surface area contributed by atoms with Crippen molar-refractivity contribution in [1.82, 2.24) is 14.9 Å². The van der Waals surface area contributed by atoms with E-state index in [1.807, 2.05) is 30.3 Å². The number of ether oxygens (including phenoxy) is 1. The van der Waals surface area contributed by atoms with Crippen LogP contribution in [0.3, 0.4) is 0 Å². The van der Waals surface area contributed by atoms with Crippen LogP contribution in [-0.2, 0) is 17.8 Å². The second kappa shape index (κ2) is 8.46. The van der Waals surface area contributed by atoms with E-state index in [0.717, 1.165) is 54.8 Å². The van der Waals surface area contributed by atoms with Gasteiger partial charge in [-0.25, -0.2) is 4.98 Å². The van der Waals surface area contributed by atoms with Crippen LogP contribution < -0.4 is 10.1 Å². The highest BCUT2D eigenvalue weighted by molar-refractivity contribution is 5.80. The molecule has 1 N–H and O–H groups in total. The molecule has 1 saturated carbocycles. The summed E-state index contributed by atoms with van der Waals surface area (Å²) in [6.45, 7) is 4.12. The Bertz CT molecular complexity index is 942. The maximum absolute atomic E-state index is 11.8. The number of imidazole rings is 1. The first kappa shape index (κ1) is 18.5. The molecule has 1 aliphatic rings. The summed E-state index contributed by atoms with van der Waals surface area (Å²) in [5.74, 6) is 2.41. The maximum Gasteiger partial charge on any atom is 0.223 e. The zero-order valence-corrected chi connectivity index (χ0v) is 16.4. The fourth-order valence-corrected chi connectivity index (χ4v) is 3.40. The van der Waals surface area contributed by atoms with E-state index in [0.29, 0.717) is 13.2 Å². The van der Waals surface area contributed by atoms with E-state index >= 15 is 0 Å². The lowest BCUT2D eigenvalue weighted by atomic mass is 10.2. The Labute approximate surface area is 165 Å². The Morgan fingerprint density at radius 1 is 1.18 bits per heavy atom. The molecule has 1 heterocycles. The summed E-state index contributed by atoms with van der Waals surface area (Å²) in [4.78, 5) is 16.6. The average molecular weight is 377 g/mol. The van der Waals surface area contributed by atoms with Crippen molar-refractivity contribution in [3.05, 3.63) is 59.9 Å². The van der Waals surface area contributed by atoms with E-state index < -0.39 is 0 Å². The van der Waals surface area contributed by atoms with Gasteiger partial charge in [-0.2, -0.15) is 0 Å². The first-order chi connectivity index (χ1) is 13.7. The van der Waals surface area contributed by atoms with Gasteiger partial charge >= 0.3 is 0 Å². The SMILES string of the molecule is Cc1ccc(OCCn2c(CCCNC(=O)C3CC3)nc3ccccc32)cc1. The molecule has 1 fully saturated rings. The Balaban J connectivity index is 1.37. The van der Waals surface area contributed by atoms with Gasteiger partial charge in [0.05, 0.1) is 17.6 Å². The number of carbonyl (C=O) groups excluding carboxylic acids is 1. The smallest absolute Gasteiger partial charge is 0.223 e. The predicted octanol–water partition coefficient (Wildman–Crippen LogP) is 3.88. The predicted molar refractivity (Wildman–Crippen MR) is 110 cm³/mol. The molecule has 146 valence electrons. The number of aromatic nitrogens is 2. The fourth-order valence-electron chi connectivity index (χ4n) is 3.40. The highest BCUT2D eigenvalue weighted by Crippen LogP contribution is 2.28. The normalized spacial score (nSPS) is 13.6. The number of hydrogen-bond donors (Lipinski definition) is 1. The van der Waals surface area contributed by atoms with E-state index in [1.54, 1.807) is 0 Å². The van der Waals surface area contributed by atoms with E-state index in [1.165, 1.54) is 5.56 Å². The molecule has 0 aliphatic heterocycles. The van der Waals surface area contributed by atoms with Crippen molar-refractivity contribution in [3.8, 4) is 5.75 Å². The van der Waals surface area contributed by atoms with Crippen LogP contribution in [0.1, 0.15) is 30.7 Å². The van der Waals surface area contributed by atoms with Crippen molar-refractivity contribution in [1.29, 1.82) is 0 Å². The minimum absolute atomic E-state index is 0.208. The number of fused-ring (bicyclic) bond motifs is 1. The van der Waals surface area contributed by atoms with Crippen LogP contribution in [0.5, 0.6) is 5.75 Å². The van der Waals surface area contributed by atoms with Gasteiger partial charge in [-0.05, 0) is 50.5 Å². The van der Waals surface area contributed by atoms with Crippen LogP contribution in [0, 0.1) is 12.8 Å². The molecule has 28 heavy (non-hydrogen) atoms. The van der Waals surface area contributed by atoms with Gasteiger partial charge in [0.1, 0.15) is 18.2 Å². The van der Waals surface area contributed by atoms with Crippen molar-refractivity contribution < 1.29 is 9.53 Å². The van der Waals surface area contributed by atoms with Gasteiger partial charge < -0.3 is 14.6 Å². The number of carbonyl (C=O) groups is 1. The Hall–Kier alpha value is -2.82. The van der Waals surface area contributed by atoms with Crippen LogP contribution in [0.15, 0.2) is 48.5 Å². The van der Waals surface area contributed by atoms with E-state index in [2.05, 4.69) is 35.0 Å². The zero-order valence-electron chi connectivity index (χ0n) is 16.4. The number of hydrogen-bond acceptors (Lipinski definition) is 3. The Morgan fingerprint density at radius 2 is 1.96 bits per heavy atom. The molecule has 0 spiro atoms. The topological polar surface area (TPSA) is 56.1 Å². The van der Waals surface area contributed by atoms with Gasteiger partial charge in [-0.3, -0.25) is 4.79 Å². The van der Waals surface area contributed by atoms with Crippen LogP contribution in [0.25, 0.3) is 11.0 Å². The lowest BCUT2D eigenvalue weighted by Gasteiger charge is -2.11. The van der Waals surface area contributed by atoms with Gasteiger partial charge in [0.15, 0.2) is 0 Å². The van der Waals surface area contributed by atoms with Gasteiger partial charge in [-0.15, -0.1) is 0 Å². The molecule has 1 aliphatic carbocycles. The lowest BCUT2D eigenvalue weighted by Crippen LogP contribution is -2.26. The van der Waals surface area contributed by atoms with Crippen LogP contribution >= 0.6 is 0 Å². The second-order valence-corrected chi connectivity index (χ2v) is 7.50. The van der Waals surface area contributed by atoms with Crippen molar-refractivity contribution >= 4 is 16.9 Å². The number of aryl methyl sites for hydroxylation is 2. The monoisotopic (exact) mass is 377 g/mol. The third-order valence-electron chi connectivity index (χ3n) is 5.16. The van der Waals surface area contributed by atoms with E-state index in [9.17, 15) is 4.79 Å². The fraction of sp³-hybridized carbons (Fsp3) is 0.391. The molecule has 5 heteroatoms. The number of rotatable bonds is 9. The van der Waals surface area contributed by atoms with Crippen molar-refractivity contribution in [2.75, 3.05) is 13.2 Å². The van der Waals surface area contributed by atoms with Gasteiger partial charge in [0.25, 0.3) is 0 Å². The van der Waals surface area contributed by atoms with Crippen molar-refractivity contribution in [3.63, 3.8) is 0 Å². The second-order valence-electron chi connectivity index (χ2n) is 7.50. The average Bonchev–Trinajstić information content (AvgIpc) is 3.50. The third kappa shape index (κ3) is 4.53. The molecule has 1 aromatic heterocycles. The minimum atomic E-state index is 0.208.